The molecule has 0 bridgehead atoms. The van der Waals surface area contributed by atoms with Crippen LogP contribution in [-0.2, 0) is 4.74 Å². The van der Waals surface area contributed by atoms with Crippen molar-refractivity contribution in [2.75, 3.05) is 31.7 Å². The molecule has 0 unspecified atom stereocenters. The van der Waals surface area contributed by atoms with E-state index in [1.165, 1.54) is 0 Å². The first-order chi connectivity index (χ1) is 9.11. The van der Waals surface area contributed by atoms with Gasteiger partial charge in [0.15, 0.2) is 0 Å². The van der Waals surface area contributed by atoms with Crippen molar-refractivity contribution in [1.29, 1.82) is 5.41 Å². The molecule has 4 nitrogen and oxygen atoms in total. The molecule has 0 atom stereocenters. The second-order valence-electron chi connectivity index (χ2n) is 4.96. The van der Waals surface area contributed by atoms with E-state index in [-0.39, 0.29) is 5.84 Å². The first-order valence-electron chi connectivity index (χ1n) is 6.49. The Labute approximate surface area is 119 Å². The summed E-state index contributed by atoms with van der Waals surface area (Å²) in [5.41, 5.74) is 7.17. The Balaban J connectivity index is 2.04. The molecule has 0 amide bonds. The van der Waals surface area contributed by atoms with Gasteiger partial charge in [-0.05, 0) is 37.0 Å². The van der Waals surface area contributed by atoms with Crippen molar-refractivity contribution >= 4 is 23.1 Å². The summed E-state index contributed by atoms with van der Waals surface area (Å²) in [6, 6.07) is 5.70. The molecular formula is C14H20ClN3O. The summed E-state index contributed by atoms with van der Waals surface area (Å²) in [5.74, 6) is 0.670. The number of halogens is 1. The molecule has 1 aromatic carbocycles. The molecule has 1 aliphatic heterocycles. The van der Waals surface area contributed by atoms with E-state index < -0.39 is 0 Å². The van der Waals surface area contributed by atoms with Crippen LogP contribution in [0, 0.1) is 11.3 Å². The maximum Gasteiger partial charge on any atom is 0.124 e. The molecule has 0 saturated carbocycles. The number of nitrogens with two attached hydrogens (primary N) is 1. The van der Waals surface area contributed by atoms with Crippen molar-refractivity contribution in [3.8, 4) is 0 Å². The second-order valence-corrected chi connectivity index (χ2v) is 5.37. The number of piperidine rings is 1. The fourth-order valence-electron chi connectivity index (χ4n) is 2.51. The molecule has 1 saturated heterocycles. The van der Waals surface area contributed by atoms with Gasteiger partial charge in [0.05, 0.1) is 5.02 Å². The maximum atomic E-state index is 7.43. The van der Waals surface area contributed by atoms with Crippen LogP contribution in [0.4, 0.5) is 5.69 Å². The topological polar surface area (TPSA) is 62.3 Å². The summed E-state index contributed by atoms with van der Waals surface area (Å²) >= 11 is 6.15. The summed E-state index contributed by atoms with van der Waals surface area (Å²) in [4.78, 5) is 2.32. The Morgan fingerprint density at radius 2 is 2.16 bits per heavy atom. The van der Waals surface area contributed by atoms with Gasteiger partial charge in [-0.15, -0.1) is 0 Å². The zero-order valence-electron chi connectivity index (χ0n) is 11.2. The minimum Gasteiger partial charge on any atom is -0.384 e. The van der Waals surface area contributed by atoms with Crippen LogP contribution in [-0.4, -0.2) is 32.6 Å². The number of nitrogen functional groups attached to an aromatic ring is 1. The first kappa shape index (κ1) is 14.2. The Hall–Kier alpha value is -1.26. The van der Waals surface area contributed by atoms with Crippen LogP contribution in [0.3, 0.4) is 0 Å². The third-order valence-electron chi connectivity index (χ3n) is 3.62. The van der Waals surface area contributed by atoms with Crippen molar-refractivity contribution in [1.82, 2.24) is 0 Å². The highest BCUT2D eigenvalue weighted by Gasteiger charge is 2.19. The van der Waals surface area contributed by atoms with Crippen LogP contribution in [0.15, 0.2) is 18.2 Å². The lowest BCUT2D eigenvalue weighted by molar-refractivity contribution is 0.139. The maximum absolute atomic E-state index is 7.43. The molecule has 2 rings (SSSR count). The van der Waals surface area contributed by atoms with Gasteiger partial charge in [-0.1, -0.05) is 11.6 Å². The lowest BCUT2D eigenvalue weighted by Crippen LogP contribution is -2.35. The van der Waals surface area contributed by atoms with Crippen molar-refractivity contribution in [3.05, 3.63) is 28.8 Å². The van der Waals surface area contributed by atoms with Crippen molar-refractivity contribution < 1.29 is 4.74 Å². The standard InChI is InChI=1S/C14H20ClN3O/c1-19-9-10-4-6-18(7-5-10)11-2-3-12(14(16)17)13(15)8-11/h2-3,8,10H,4-7,9H2,1H3,(H3,16,17). The highest BCUT2D eigenvalue weighted by Crippen LogP contribution is 2.27. The monoisotopic (exact) mass is 281 g/mol. The number of nitrogens with zero attached hydrogens (tertiary/aromatic N) is 1. The zero-order chi connectivity index (χ0) is 13.8. The minimum absolute atomic E-state index is 0.00959. The number of nitrogens with one attached hydrogen (secondary N) is 1. The zero-order valence-corrected chi connectivity index (χ0v) is 11.9. The number of amidine groups is 1. The van der Waals surface area contributed by atoms with Crippen molar-refractivity contribution in [2.45, 2.75) is 12.8 Å². The summed E-state index contributed by atoms with van der Waals surface area (Å²) in [5, 5.41) is 7.97. The van der Waals surface area contributed by atoms with Crippen LogP contribution >= 0.6 is 11.6 Å². The van der Waals surface area contributed by atoms with Crippen molar-refractivity contribution in [2.24, 2.45) is 11.7 Å². The number of hydrogen-bond donors (Lipinski definition) is 2. The smallest absolute Gasteiger partial charge is 0.124 e. The fourth-order valence-corrected chi connectivity index (χ4v) is 2.79. The average Bonchev–Trinajstić information content (AvgIpc) is 2.39. The molecule has 0 radical (unpaired) electrons. The summed E-state index contributed by atoms with van der Waals surface area (Å²) in [6.07, 6.45) is 2.28. The number of ether oxygens (including phenoxy) is 1. The Bertz CT molecular complexity index is 456. The van der Waals surface area contributed by atoms with Crippen LogP contribution in [0.25, 0.3) is 0 Å². The molecular weight excluding hydrogens is 262 g/mol. The van der Waals surface area contributed by atoms with E-state index in [0.717, 1.165) is 38.2 Å². The Morgan fingerprint density at radius 3 is 2.68 bits per heavy atom. The Kier molecular flexibility index (Phi) is 4.66. The van der Waals surface area contributed by atoms with Gasteiger partial charge in [-0.25, -0.2) is 0 Å². The van der Waals surface area contributed by atoms with Gasteiger partial charge >= 0.3 is 0 Å². The van der Waals surface area contributed by atoms with E-state index in [4.69, 9.17) is 27.5 Å². The molecule has 1 aliphatic rings. The second kappa shape index (κ2) is 6.26. The van der Waals surface area contributed by atoms with Crippen molar-refractivity contribution in [3.63, 3.8) is 0 Å². The summed E-state index contributed by atoms with van der Waals surface area (Å²) < 4.78 is 5.21. The van der Waals surface area contributed by atoms with E-state index >= 15 is 0 Å². The van der Waals surface area contributed by atoms with Gasteiger partial charge in [0.2, 0.25) is 0 Å². The Morgan fingerprint density at radius 1 is 1.47 bits per heavy atom. The molecule has 0 aromatic heterocycles. The fraction of sp³-hybridized carbons (Fsp3) is 0.500. The summed E-state index contributed by atoms with van der Waals surface area (Å²) in [7, 11) is 1.76. The molecule has 19 heavy (non-hydrogen) atoms. The van der Waals surface area contributed by atoms with Gasteiger partial charge in [0.1, 0.15) is 5.84 Å². The average molecular weight is 282 g/mol. The molecule has 1 aromatic rings. The predicted molar refractivity (Wildman–Crippen MR) is 79.3 cm³/mol. The van der Waals surface area contributed by atoms with Crippen LogP contribution in [0.5, 0.6) is 0 Å². The van der Waals surface area contributed by atoms with E-state index in [0.29, 0.717) is 16.5 Å². The molecule has 0 aliphatic carbocycles. The SMILES string of the molecule is COCC1CCN(c2ccc(C(=N)N)c(Cl)c2)CC1. The minimum atomic E-state index is 0.00959. The molecule has 104 valence electrons. The molecule has 3 N–H and O–H groups in total. The third kappa shape index (κ3) is 3.39. The van der Waals surface area contributed by atoms with Crippen LogP contribution in [0.2, 0.25) is 5.02 Å². The number of rotatable bonds is 4. The lowest BCUT2D eigenvalue weighted by Gasteiger charge is -2.33. The number of benzene rings is 1. The first-order valence-corrected chi connectivity index (χ1v) is 6.87. The van der Waals surface area contributed by atoms with E-state index in [1.54, 1.807) is 7.11 Å². The predicted octanol–water partition coefficient (Wildman–Crippen LogP) is 2.49. The highest BCUT2D eigenvalue weighted by molar-refractivity contribution is 6.34. The van der Waals surface area contributed by atoms with Gasteiger partial charge < -0.3 is 15.4 Å². The van der Waals surface area contributed by atoms with Crippen LogP contribution < -0.4 is 10.6 Å². The number of methoxy groups -OCH3 is 1. The third-order valence-corrected chi connectivity index (χ3v) is 3.94. The quantitative estimate of drug-likeness (QED) is 0.658. The van der Waals surface area contributed by atoms with Crippen LogP contribution in [0.1, 0.15) is 18.4 Å². The molecule has 1 heterocycles. The van der Waals surface area contributed by atoms with Gasteiger partial charge in [-0.2, -0.15) is 0 Å². The largest absolute Gasteiger partial charge is 0.384 e. The lowest BCUT2D eigenvalue weighted by atomic mass is 9.97. The van der Waals surface area contributed by atoms with E-state index in [1.807, 2.05) is 18.2 Å². The summed E-state index contributed by atoms with van der Waals surface area (Å²) in [6.45, 7) is 2.88. The number of anilines is 1. The molecule has 1 fully saturated rings. The normalized spacial score (nSPS) is 16.6. The van der Waals surface area contributed by atoms with Gasteiger partial charge in [0.25, 0.3) is 0 Å². The molecule has 5 heteroatoms. The number of hydrogen-bond acceptors (Lipinski definition) is 3. The van der Waals surface area contributed by atoms with E-state index in [2.05, 4.69) is 4.90 Å². The molecule has 0 spiro atoms. The van der Waals surface area contributed by atoms with E-state index in [9.17, 15) is 0 Å². The highest BCUT2D eigenvalue weighted by atomic mass is 35.5. The van der Waals surface area contributed by atoms with Gasteiger partial charge in [0, 0.05) is 38.1 Å². The van der Waals surface area contributed by atoms with Gasteiger partial charge in [-0.3, -0.25) is 5.41 Å².